The highest BCUT2D eigenvalue weighted by Crippen LogP contribution is 2.30. The number of methoxy groups -OCH3 is 1. The predicted molar refractivity (Wildman–Crippen MR) is 124 cm³/mol. The molecule has 3 rings (SSSR count). The number of amides is 1. The summed E-state index contributed by atoms with van der Waals surface area (Å²) in [6, 6.07) is 16.9. The summed E-state index contributed by atoms with van der Waals surface area (Å²) >= 11 is 0. The number of aromatic nitrogens is 2. The lowest BCUT2D eigenvalue weighted by atomic mass is 10.2. The van der Waals surface area contributed by atoms with Gasteiger partial charge in [-0.2, -0.15) is 9.78 Å². The Bertz CT molecular complexity index is 1090. The van der Waals surface area contributed by atoms with Crippen molar-refractivity contribution >= 4 is 11.6 Å². The average Bonchev–Trinajstić information content (AvgIpc) is 2.83. The Balaban J connectivity index is 1.75. The zero-order valence-electron chi connectivity index (χ0n) is 18.6. The highest BCUT2D eigenvalue weighted by atomic mass is 16.5. The zero-order chi connectivity index (χ0) is 22.9. The van der Waals surface area contributed by atoms with Crippen molar-refractivity contribution in [1.29, 1.82) is 0 Å². The number of ether oxygens (including phenoxy) is 2. The lowest BCUT2D eigenvalue weighted by Gasteiger charge is -2.19. The second-order valence-electron chi connectivity index (χ2n) is 7.00. The summed E-state index contributed by atoms with van der Waals surface area (Å²) in [7, 11) is 1.57. The second kappa shape index (κ2) is 11.1. The quantitative estimate of drug-likeness (QED) is 0.525. The minimum atomic E-state index is -0.436. The highest BCUT2D eigenvalue weighted by molar-refractivity contribution is 6.02. The van der Waals surface area contributed by atoms with Crippen molar-refractivity contribution in [2.45, 2.75) is 13.8 Å². The first-order valence-electron chi connectivity index (χ1n) is 10.6. The van der Waals surface area contributed by atoms with Gasteiger partial charge in [0.1, 0.15) is 12.3 Å². The van der Waals surface area contributed by atoms with Crippen molar-refractivity contribution < 1.29 is 14.3 Å². The van der Waals surface area contributed by atoms with Crippen LogP contribution in [0, 0.1) is 0 Å². The molecule has 0 spiro atoms. The van der Waals surface area contributed by atoms with Crippen LogP contribution in [0.5, 0.6) is 11.5 Å². The summed E-state index contributed by atoms with van der Waals surface area (Å²) in [6.45, 7) is 7.40. The van der Waals surface area contributed by atoms with E-state index in [9.17, 15) is 9.59 Å². The third kappa shape index (κ3) is 5.73. The SMILES string of the molecule is CCN(CC)CCOc1cc(NC(=O)c2ccc(=O)n(-c3ccccc3)n2)ccc1OC. The molecule has 0 aliphatic carbocycles. The van der Waals surface area contributed by atoms with E-state index in [0.717, 1.165) is 19.6 Å². The molecule has 1 aromatic heterocycles. The molecular formula is C24H28N4O4. The summed E-state index contributed by atoms with van der Waals surface area (Å²) in [5, 5.41) is 7.02. The number of hydrogen-bond acceptors (Lipinski definition) is 6. The summed E-state index contributed by atoms with van der Waals surface area (Å²) in [4.78, 5) is 27.2. The average molecular weight is 437 g/mol. The van der Waals surface area contributed by atoms with E-state index >= 15 is 0 Å². The van der Waals surface area contributed by atoms with Crippen molar-refractivity contribution in [2.75, 3.05) is 38.7 Å². The fourth-order valence-corrected chi connectivity index (χ4v) is 3.17. The van der Waals surface area contributed by atoms with Gasteiger partial charge in [-0.3, -0.25) is 9.59 Å². The maximum atomic E-state index is 12.8. The number of nitrogens with zero attached hydrogens (tertiary/aromatic N) is 3. The van der Waals surface area contributed by atoms with Gasteiger partial charge in [0.15, 0.2) is 11.5 Å². The van der Waals surface area contributed by atoms with Crippen molar-refractivity contribution in [3.63, 3.8) is 0 Å². The minimum Gasteiger partial charge on any atom is -0.493 e. The largest absolute Gasteiger partial charge is 0.493 e. The third-order valence-corrected chi connectivity index (χ3v) is 5.01. The summed E-state index contributed by atoms with van der Waals surface area (Å²) in [5.41, 5.74) is 0.919. The molecule has 0 unspecified atom stereocenters. The number of likely N-dealkylation sites (N-methyl/N-ethyl adjacent to an activating group) is 1. The Morgan fingerprint density at radius 3 is 2.47 bits per heavy atom. The molecule has 0 radical (unpaired) electrons. The molecule has 0 aliphatic rings. The molecule has 8 nitrogen and oxygen atoms in total. The molecule has 0 bridgehead atoms. The highest BCUT2D eigenvalue weighted by Gasteiger charge is 2.13. The molecule has 0 saturated carbocycles. The predicted octanol–water partition coefficient (Wildman–Crippen LogP) is 3.21. The van der Waals surface area contributed by atoms with Gasteiger partial charge in [-0.05, 0) is 43.4 Å². The van der Waals surface area contributed by atoms with Crippen LogP contribution in [-0.2, 0) is 0 Å². The van der Waals surface area contributed by atoms with Crippen molar-refractivity contribution in [3.8, 4) is 17.2 Å². The maximum absolute atomic E-state index is 12.8. The first-order chi connectivity index (χ1) is 15.5. The van der Waals surface area contributed by atoms with Crippen molar-refractivity contribution in [3.05, 3.63) is 76.7 Å². The third-order valence-electron chi connectivity index (χ3n) is 5.01. The molecule has 168 valence electrons. The van der Waals surface area contributed by atoms with E-state index in [1.165, 1.54) is 16.8 Å². The lowest BCUT2D eigenvalue weighted by molar-refractivity contribution is 0.102. The van der Waals surface area contributed by atoms with E-state index in [0.29, 0.717) is 29.5 Å². The number of nitrogens with one attached hydrogen (secondary N) is 1. The van der Waals surface area contributed by atoms with Gasteiger partial charge < -0.3 is 19.7 Å². The molecule has 0 fully saturated rings. The molecular weight excluding hydrogens is 408 g/mol. The molecule has 1 N–H and O–H groups in total. The first kappa shape index (κ1) is 23.0. The fourth-order valence-electron chi connectivity index (χ4n) is 3.17. The van der Waals surface area contributed by atoms with Crippen LogP contribution >= 0.6 is 0 Å². The molecule has 1 heterocycles. The Morgan fingerprint density at radius 2 is 1.78 bits per heavy atom. The summed E-state index contributed by atoms with van der Waals surface area (Å²) in [6.07, 6.45) is 0. The van der Waals surface area contributed by atoms with Crippen LogP contribution in [0.15, 0.2) is 65.5 Å². The number of carbonyl (C=O) groups excluding carboxylic acids is 1. The van der Waals surface area contributed by atoms with E-state index in [2.05, 4.69) is 29.2 Å². The smallest absolute Gasteiger partial charge is 0.276 e. The monoisotopic (exact) mass is 436 g/mol. The van der Waals surface area contributed by atoms with Gasteiger partial charge in [0.25, 0.3) is 11.5 Å². The molecule has 0 aliphatic heterocycles. The van der Waals surface area contributed by atoms with Crippen LogP contribution in [0.25, 0.3) is 5.69 Å². The summed E-state index contributed by atoms with van der Waals surface area (Å²) in [5.74, 6) is 0.687. The molecule has 0 atom stereocenters. The zero-order valence-corrected chi connectivity index (χ0v) is 18.6. The van der Waals surface area contributed by atoms with Gasteiger partial charge in [0, 0.05) is 24.4 Å². The number of benzene rings is 2. The van der Waals surface area contributed by atoms with Gasteiger partial charge in [-0.25, -0.2) is 0 Å². The van der Waals surface area contributed by atoms with Crippen LogP contribution < -0.4 is 20.3 Å². The molecule has 1 amide bonds. The Kier molecular flexibility index (Phi) is 7.99. The normalized spacial score (nSPS) is 10.8. The van der Waals surface area contributed by atoms with E-state index in [4.69, 9.17) is 9.47 Å². The Hall–Kier alpha value is -3.65. The maximum Gasteiger partial charge on any atom is 0.276 e. The van der Waals surface area contributed by atoms with Crippen LogP contribution in [0.1, 0.15) is 24.3 Å². The van der Waals surface area contributed by atoms with Gasteiger partial charge >= 0.3 is 0 Å². The molecule has 2 aromatic carbocycles. The van der Waals surface area contributed by atoms with E-state index in [-0.39, 0.29) is 11.3 Å². The van der Waals surface area contributed by atoms with Crippen molar-refractivity contribution in [2.24, 2.45) is 0 Å². The fraction of sp³-hybridized carbons (Fsp3) is 0.292. The molecule has 8 heteroatoms. The van der Waals surface area contributed by atoms with Gasteiger partial charge in [0.05, 0.1) is 12.8 Å². The van der Waals surface area contributed by atoms with Crippen LogP contribution in [0.3, 0.4) is 0 Å². The molecule has 0 saturated heterocycles. The number of para-hydroxylation sites is 1. The Labute approximate surface area is 187 Å². The van der Waals surface area contributed by atoms with Crippen LogP contribution in [0.4, 0.5) is 5.69 Å². The lowest BCUT2D eigenvalue weighted by Crippen LogP contribution is -2.28. The molecule has 3 aromatic rings. The van der Waals surface area contributed by atoms with Gasteiger partial charge in [0.2, 0.25) is 0 Å². The minimum absolute atomic E-state index is 0.119. The number of hydrogen-bond donors (Lipinski definition) is 1. The van der Waals surface area contributed by atoms with Crippen LogP contribution in [-0.4, -0.2) is 53.9 Å². The number of rotatable bonds is 10. The topological polar surface area (TPSA) is 85.7 Å². The second-order valence-corrected chi connectivity index (χ2v) is 7.00. The summed E-state index contributed by atoms with van der Waals surface area (Å²) < 4.78 is 12.5. The number of carbonyl (C=O) groups is 1. The van der Waals surface area contributed by atoms with E-state index in [1.54, 1.807) is 49.6 Å². The van der Waals surface area contributed by atoms with E-state index < -0.39 is 5.91 Å². The number of anilines is 1. The first-order valence-corrected chi connectivity index (χ1v) is 10.6. The van der Waals surface area contributed by atoms with E-state index in [1.807, 2.05) is 6.07 Å². The van der Waals surface area contributed by atoms with Crippen molar-refractivity contribution in [1.82, 2.24) is 14.7 Å². The standard InChI is InChI=1S/C24H28N4O4/c1-4-27(5-2)15-16-32-22-17-18(11-13-21(22)31-3)25-24(30)20-12-14-23(29)28(26-20)19-9-7-6-8-10-19/h6-14,17H,4-5,15-16H2,1-3H3,(H,25,30). The van der Waals surface area contributed by atoms with Crippen LogP contribution in [0.2, 0.25) is 0 Å². The van der Waals surface area contributed by atoms with Gasteiger partial charge in [-0.15, -0.1) is 0 Å². The Morgan fingerprint density at radius 1 is 1.03 bits per heavy atom. The molecule has 32 heavy (non-hydrogen) atoms. The van der Waals surface area contributed by atoms with Gasteiger partial charge in [-0.1, -0.05) is 32.0 Å².